The lowest BCUT2D eigenvalue weighted by molar-refractivity contribution is 0.335. The molecule has 0 aliphatic heterocycles. The minimum atomic E-state index is 0.450. The van der Waals surface area contributed by atoms with E-state index in [0.717, 1.165) is 18.5 Å². The van der Waals surface area contributed by atoms with Crippen molar-refractivity contribution in [1.82, 2.24) is 4.90 Å². The lowest BCUT2D eigenvalue weighted by Crippen LogP contribution is -2.14. The van der Waals surface area contributed by atoms with Gasteiger partial charge in [0.2, 0.25) is 0 Å². The summed E-state index contributed by atoms with van der Waals surface area (Å²) in [5.74, 6) is 0. The van der Waals surface area contributed by atoms with E-state index in [1.54, 1.807) is 0 Å². The van der Waals surface area contributed by atoms with Crippen LogP contribution in [0.25, 0.3) is 5.57 Å². The van der Waals surface area contributed by atoms with Crippen LogP contribution < -0.4 is 0 Å². The molecule has 0 radical (unpaired) electrons. The Morgan fingerprint density at radius 1 is 1.21 bits per heavy atom. The Kier molecular flexibility index (Phi) is 4.08. The summed E-state index contributed by atoms with van der Waals surface area (Å²) in [4.78, 5) is 6.54. The van der Waals surface area contributed by atoms with Crippen LogP contribution in [0.2, 0.25) is 0 Å². The fraction of sp³-hybridized carbons (Fsp3) is 0.471. The average Bonchev–Trinajstić information content (AvgIpc) is 2.37. The monoisotopic (exact) mass is 256 g/mol. The first-order valence-electron chi connectivity index (χ1n) is 6.97. The SMILES string of the molecule is CN(C)C=Nc1ccccc1C1=CCC(C)(C)CC1. The van der Waals surface area contributed by atoms with Gasteiger partial charge in [0.05, 0.1) is 12.0 Å². The van der Waals surface area contributed by atoms with E-state index >= 15 is 0 Å². The number of para-hydroxylation sites is 1. The molecule has 0 heterocycles. The van der Waals surface area contributed by atoms with Crippen LogP contribution in [0.1, 0.15) is 38.7 Å². The Bertz CT molecular complexity index is 496. The summed E-state index contributed by atoms with van der Waals surface area (Å²) in [5, 5.41) is 0. The minimum Gasteiger partial charge on any atom is -0.369 e. The van der Waals surface area contributed by atoms with Crippen LogP contribution in [0.3, 0.4) is 0 Å². The van der Waals surface area contributed by atoms with Crippen LogP contribution in [0, 0.1) is 5.41 Å². The van der Waals surface area contributed by atoms with E-state index in [0.29, 0.717) is 5.41 Å². The van der Waals surface area contributed by atoms with Crippen molar-refractivity contribution in [3.8, 4) is 0 Å². The summed E-state index contributed by atoms with van der Waals surface area (Å²) < 4.78 is 0. The average molecular weight is 256 g/mol. The largest absolute Gasteiger partial charge is 0.369 e. The highest BCUT2D eigenvalue weighted by Crippen LogP contribution is 2.40. The highest BCUT2D eigenvalue weighted by atomic mass is 15.1. The number of allylic oxidation sites excluding steroid dienone is 2. The zero-order chi connectivity index (χ0) is 13.9. The first-order valence-corrected chi connectivity index (χ1v) is 6.97. The fourth-order valence-electron chi connectivity index (χ4n) is 2.36. The molecule has 2 heteroatoms. The maximum Gasteiger partial charge on any atom is 0.0907 e. The molecule has 0 amide bonds. The smallest absolute Gasteiger partial charge is 0.0907 e. The molecule has 0 saturated heterocycles. The molecule has 1 aliphatic carbocycles. The van der Waals surface area contributed by atoms with Crippen molar-refractivity contribution in [3.05, 3.63) is 35.9 Å². The van der Waals surface area contributed by atoms with Gasteiger partial charge >= 0.3 is 0 Å². The van der Waals surface area contributed by atoms with Gasteiger partial charge in [-0.3, -0.25) is 0 Å². The van der Waals surface area contributed by atoms with Crippen molar-refractivity contribution in [2.24, 2.45) is 10.4 Å². The Labute approximate surface area is 116 Å². The van der Waals surface area contributed by atoms with E-state index < -0.39 is 0 Å². The van der Waals surface area contributed by atoms with Gasteiger partial charge in [-0.1, -0.05) is 38.1 Å². The van der Waals surface area contributed by atoms with E-state index in [9.17, 15) is 0 Å². The normalized spacial score (nSPS) is 18.4. The summed E-state index contributed by atoms with van der Waals surface area (Å²) in [6.45, 7) is 4.69. The van der Waals surface area contributed by atoms with Gasteiger partial charge in [0.1, 0.15) is 0 Å². The van der Waals surface area contributed by atoms with Crippen molar-refractivity contribution in [3.63, 3.8) is 0 Å². The highest BCUT2D eigenvalue weighted by Gasteiger charge is 2.22. The molecule has 1 aromatic rings. The van der Waals surface area contributed by atoms with Crippen LogP contribution in [0.5, 0.6) is 0 Å². The molecule has 0 bridgehead atoms. The zero-order valence-corrected chi connectivity index (χ0v) is 12.5. The number of aliphatic imine (C=N–C) groups is 1. The molecule has 0 atom stereocenters. The number of hydrogen-bond donors (Lipinski definition) is 0. The second kappa shape index (κ2) is 5.60. The van der Waals surface area contributed by atoms with E-state index in [1.165, 1.54) is 17.6 Å². The summed E-state index contributed by atoms with van der Waals surface area (Å²) in [7, 11) is 3.99. The third kappa shape index (κ3) is 3.69. The maximum atomic E-state index is 4.58. The second-order valence-corrected chi connectivity index (χ2v) is 6.32. The molecule has 2 nitrogen and oxygen atoms in total. The van der Waals surface area contributed by atoms with E-state index in [4.69, 9.17) is 0 Å². The molecule has 2 rings (SSSR count). The first kappa shape index (κ1) is 13.9. The third-order valence-corrected chi connectivity index (χ3v) is 3.65. The van der Waals surface area contributed by atoms with Crippen LogP contribution in [-0.4, -0.2) is 25.3 Å². The van der Waals surface area contributed by atoms with Gasteiger partial charge in [-0.25, -0.2) is 4.99 Å². The fourth-order valence-corrected chi connectivity index (χ4v) is 2.36. The maximum absolute atomic E-state index is 4.58. The Morgan fingerprint density at radius 2 is 1.95 bits per heavy atom. The van der Waals surface area contributed by atoms with Crippen molar-refractivity contribution in [2.45, 2.75) is 33.1 Å². The Morgan fingerprint density at radius 3 is 2.58 bits per heavy atom. The second-order valence-electron chi connectivity index (χ2n) is 6.32. The summed E-state index contributed by atoms with van der Waals surface area (Å²) in [5.41, 5.74) is 4.26. The predicted molar refractivity (Wildman–Crippen MR) is 83.9 cm³/mol. The molecule has 0 unspecified atom stereocenters. The predicted octanol–water partition coefficient (Wildman–Crippen LogP) is 4.50. The molecular weight excluding hydrogens is 232 g/mol. The molecule has 0 saturated carbocycles. The number of hydrogen-bond acceptors (Lipinski definition) is 1. The minimum absolute atomic E-state index is 0.450. The number of rotatable bonds is 3. The summed E-state index contributed by atoms with van der Waals surface area (Å²) in [6, 6.07) is 8.44. The third-order valence-electron chi connectivity index (χ3n) is 3.65. The Hall–Kier alpha value is -1.57. The lowest BCUT2D eigenvalue weighted by atomic mass is 9.77. The van der Waals surface area contributed by atoms with Crippen LogP contribution >= 0.6 is 0 Å². The van der Waals surface area contributed by atoms with Crippen LogP contribution in [-0.2, 0) is 0 Å². The van der Waals surface area contributed by atoms with Crippen molar-refractivity contribution < 1.29 is 0 Å². The van der Waals surface area contributed by atoms with Gasteiger partial charge in [0, 0.05) is 19.7 Å². The lowest BCUT2D eigenvalue weighted by Gasteiger charge is -2.29. The van der Waals surface area contributed by atoms with Crippen LogP contribution in [0.4, 0.5) is 5.69 Å². The number of nitrogens with zero attached hydrogens (tertiary/aromatic N) is 2. The summed E-state index contributed by atoms with van der Waals surface area (Å²) >= 11 is 0. The van der Waals surface area contributed by atoms with Gasteiger partial charge in [-0.15, -0.1) is 0 Å². The molecule has 1 aromatic carbocycles. The quantitative estimate of drug-likeness (QED) is 0.574. The van der Waals surface area contributed by atoms with Crippen LogP contribution in [0.15, 0.2) is 35.3 Å². The molecule has 0 aromatic heterocycles. The van der Waals surface area contributed by atoms with Gasteiger partial charge < -0.3 is 4.90 Å². The van der Waals surface area contributed by atoms with E-state index in [-0.39, 0.29) is 0 Å². The van der Waals surface area contributed by atoms with Gasteiger partial charge in [0.15, 0.2) is 0 Å². The molecule has 0 spiro atoms. The van der Waals surface area contributed by atoms with Gasteiger partial charge in [-0.2, -0.15) is 0 Å². The molecular formula is C17H24N2. The van der Waals surface area contributed by atoms with E-state index in [2.05, 4.69) is 49.2 Å². The summed E-state index contributed by atoms with van der Waals surface area (Å²) in [6.07, 6.45) is 7.83. The van der Waals surface area contributed by atoms with E-state index in [1.807, 2.05) is 25.3 Å². The molecule has 102 valence electrons. The Balaban J connectivity index is 2.28. The molecule has 1 aliphatic rings. The van der Waals surface area contributed by atoms with Gasteiger partial charge in [-0.05, 0) is 36.3 Å². The first-order chi connectivity index (χ1) is 8.98. The zero-order valence-electron chi connectivity index (χ0n) is 12.5. The van der Waals surface area contributed by atoms with Crippen molar-refractivity contribution >= 4 is 17.6 Å². The molecule has 0 N–H and O–H groups in total. The molecule has 19 heavy (non-hydrogen) atoms. The highest BCUT2D eigenvalue weighted by molar-refractivity contribution is 5.77. The van der Waals surface area contributed by atoms with Crippen molar-refractivity contribution in [2.75, 3.05) is 14.1 Å². The standard InChI is InChI=1S/C17H24N2/c1-17(2)11-9-14(10-12-17)15-7-5-6-8-16(15)18-13-19(3)4/h5-9,13H,10-12H2,1-4H3. The topological polar surface area (TPSA) is 15.6 Å². The molecule has 0 fully saturated rings. The van der Waals surface area contributed by atoms with Crippen molar-refractivity contribution in [1.29, 1.82) is 0 Å². The van der Waals surface area contributed by atoms with Gasteiger partial charge in [0.25, 0.3) is 0 Å². The number of benzene rings is 1.